The molecular formula is C50H54. The molecule has 0 heteroatoms. The van der Waals surface area contributed by atoms with Gasteiger partial charge in [0.25, 0.3) is 0 Å². The quantitative estimate of drug-likeness (QED) is 0.143. The number of hydrogen-bond acceptors (Lipinski definition) is 0. The van der Waals surface area contributed by atoms with Crippen molar-refractivity contribution in [2.45, 2.75) is 105 Å². The predicted octanol–water partition coefficient (Wildman–Crippen LogP) is 14.9. The van der Waals surface area contributed by atoms with Gasteiger partial charge in [0, 0.05) is 0 Å². The normalized spacial score (nSPS) is 13.2. The molecule has 8 rings (SSSR count). The van der Waals surface area contributed by atoms with Gasteiger partial charge in [0.1, 0.15) is 0 Å². The first-order valence-corrected chi connectivity index (χ1v) is 18.5. The Kier molecular flexibility index (Phi) is 7.87. The molecule has 0 spiro atoms. The number of rotatable bonds is 0. The van der Waals surface area contributed by atoms with Gasteiger partial charge in [-0.3, -0.25) is 0 Å². The molecule has 0 aliphatic heterocycles. The summed E-state index contributed by atoms with van der Waals surface area (Å²) in [5.41, 5.74) is 6.24. The zero-order valence-corrected chi connectivity index (χ0v) is 32.4. The zero-order chi connectivity index (χ0) is 36.0. The number of fused-ring (bicyclic) bond motifs is 5. The van der Waals surface area contributed by atoms with Gasteiger partial charge in [0.2, 0.25) is 0 Å². The van der Waals surface area contributed by atoms with Gasteiger partial charge in [-0.05, 0) is 121 Å². The first kappa shape index (κ1) is 34.0. The topological polar surface area (TPSA) is 0 Å². The van der Waals surface area contributed by atoms with Gasteiger partial charge in [-0.2, -0.15) is 0 Å². The van der Waals surface area contributed by atoms with Crippen molar-refractivity contribution in [2.75, 3.05) is 0 Å². The fraction of sp³-hybridized carbons (Fsp3) is 0.320. The average molecular weight is 655 g/mol. The summed E-state index contributed by atoms with van der Waals surface area (Å²) in [6.07, 6.45) is 0. The van der Waals surface area contributed by atoms with Gasteiger partial charge in [0.15, 0.2) is 0 Å². The minimum absolute atomic E-state index is 0.109. The first-order chi connectivity index (χ1) is 23.4. The monoisotopic (exact) mass is 654 g/mol. The van der Waals surface area contributed by atoms with Crippen molar-refractivity contribution in [3.63, 3.8) is 0 Å². The molecule has 0 aromatic heterocycles. The van der Waals surface area contributed by atoms with Gasteiger partial charge in [-0.25, -0.2) is 0 Å². The van der Waals surface area contributed by atoms with E-state index in [1.54, 1.807) is 0 Å². The van der Waals surface area contributed by atoms with Gasteiger partial charge in [-0.15, -0.1) is 0 Å². The summed E-state index contributed by atoms with van der Waals surface area (Å²) in [5, 5.41) is 16.6. The fourth-order valence-electron chi connectivity index (χ4n) is 8.30. The van der Waals surface area contributed by atoms with Gasteiger partial charge < -0.3 is 0 Å². The number of benzene rings is 8. The lowest BCUT2D eigenvalue weighted by Crippen LogP contribution is -2.13. The maximum Gasteiger partial charge on any atom is -0.00237 e. The van der Waals surface area contributed by atoms with E-state index in [0.29, 0.717) is 0 Å². The molecule has 8 aromatic rings. The predicted molar refractivity (Wildman–Crippen MR) is 224 cm³/mol. The molecule has 0 bridgehead atoms. The maximum absolute atomic E-state index is 2.44. The van der Waals surface area contributed by atoms with Crippen LogP contribution in [-0.2, 0) is 21.7 Å². The molecule has 0 saturated carbocycles. The van der Waals surface area contributed by atoms with Crippen LogP contribution in [0.5, 0.6) is 0 Å². The van der Waals surface area contributed by atoms with Crippen molar-refractivity contribution >= 4 is 64.6 Å². The minimum atomic E-state index is 0.109. The highest BCUT2D eigenvalue weighted by Gasteiger charge is 2.24. The van der Waals surface area contributed by atoms with Gasteiger partial charge in [-0.1, -0.05) is 180 Å². The summed E-state index contributed by atoms with van der Waals surface area (Å²) in [7, 11) is 0. The van der Waals surface area contributed by atoms with Crippen LogP contribution in [0.15, 0.2) is 109 Å². The number of hydrogen-bond donors (Lipinski definition) is 0. The Morgan fingerprint density at radius 2 is 0.560 bits per heavy atom. The molecule has 0 aliphatic rings. The fourth-order valence-corrected chi connectivity index (χ4v) is 8.30. The second-order valence-electron chi connectivity index (χ2n) is 18.7. The van der Waals surface area contributed by atoms with Crippen molar-refractivity contribution in [3.05, 3.63) is 131 Å². The smallest absolute Gasteiger partial charge is 0.00237 e. The van der Waals surface area contributed by atoms with Gasteiger partial charge >= 0.3 is 0 Å². The lowest BCUT2D eigenvalue weighted by Gasteiger charge is -2.26. The summed E-state index contributed by atoms with van der Waals surface area (Å²) < 4.78 is 0. The van der Waals surface area contributed by atoms with Crippen molar-refractivity contribution in [1.29, 1.82) is 0 Å². The van der Waals surface area contributed by atoms with E-state index >= 15 is 0 Å². The van der Waals surface area contributed by atoms with Crippen LogP contribution in [-0.4, -0.2) is 0 Å². The molecule has 0 radical (unpaired) electrons. The summed E-state index contributed by atoms with van der Waals surface area (Å²) in [4.78, 5) is 0. The molecule has 0 unspecified atom stereocenters. The minimum Gasteiger partial charge on any atom is -0.0616 e. The SMILES string of the molecule is CC(C)(C)c1cc2c3ccccc3c(C(C)(C)C)cc2c2ccccc12.CC(C)(C)c1ccc2ccc3c(C(C)(C)C)ccc4ccc1c2c43. The molecule has 8 aromatic carbocycles. The van der Waals surface area contributed by atoms with E-state index in [-0.39, 0.29) is 21.7 Å². The largest absolute Gasteiger partial charge is 0.0616 e. The summed E-state index contributed by atoms with van der Waals surface area (Å²) in [6.45, 7) is 27.7. The van der Waals surface area contributed by atoms with Crippen LogP contribution in [0.1, 0.15) is 105 Å². The van der Waals surface area contributed by atoms with Crippen LogP contribution in [0.3, 0.4) is 0 Å². The van der Waals surface area contributed by atoms with Crippen LogP contribution in [0.4, 0.5) is 0 Å². The third-order valence-electron chi connectivity index (χ3n) is 10.8. The van der Waals surface area contributed by atoms with Crippen LogP contribution in [0, 0.1) is 0 Å². The van der Waals surface area contributed by atoms with E-state index in [1.807, 2.05) is 0 Å². The van der Waals surface area contributed by atoms with Crippen molar-refractivity contribution in [2.24, 2.45) is 0 Å². The van der Waals surface area contributed by atoms with E-state index in [0.717, 1.165) is 0 Å². The van der Waals surface area contributed by atoms with Crippen LogP contribution < -0.4 is 0 Å². The van der Waals surface area contributed by atoms with E-state index < -0.39 is 0 Å². The molecule has 0 saturated heterocycles. The highest BCUT2D eigenvalue weighted by Crippen LogP contribution is 2.43. The van der Waals surface area contributed by atoms with Gasteiger partial charge in [0.05, 0.1) is 0 Å². The third kappa shape index (κ3) is 5.72. The van der Waals surface area contributed by atoms with Crippen molar-refractivity contribution in [3.8, 4) is 0 Å². The van der Waals surface area contributed by atoms with E-state index in [4.69, 9.17) is 0 Å². The van der Waals surface area contributed by atoms with Crippen LogP contribution >= 0.6 is 0 Å². The molecule has 0 N–H and O–H groups in total. The molecular weight excluding hydrogens is 601 g/mol. The molecule has 0 nitrogen and oxygen atoms in total. The van der Waals surface area contributed by atoms with E-state index in [2.05, 4.69) is 192 Å². The van der Waals surface area contributed by atoms with Crippen LogP contribution in [0.2, 0.25) is 0 Å². The first-order valence-electron chi connectivity index (χ1n) is 18.5. The summed E-state index contributed by atoms with van der Waals surface area (Å²) >= 11 is 0. The maximum atomic E-state index is 2.44. The molecule has 0 amide bonds. The Hall–Kier alpha value is -4.42. The lowest BCUT2D eigenvalue weighted by molar-refractivity contribution is 0.595. The highest BCUT2D eigenvalue weighted by atomic mass is 14.3. The van der Waals surface area contributed by atoms with E-state index in [9.17, 15) is 0 Å². The molecule has 50 heavy (non-hydrogen) atoms. The standard InChI is InChI=1S/C26H28.C24H26/c1-25(2,3)23-15-21-18-12-8-10-14-20(18)24(26(4,5)6)16-22(21)17-11-7-9-13-19(17)23;1-23(2,3)19-13-9-15-8-12-18-20(24(4,5)6)14-10-16-7-11-17(19)21(15)22(16)18/h7-16H,1-6H3;7-14H,1-6H3. The van der Waals surface area contributed by atoms with Crippen LogP contribution in [0.25, 0.3) is 64.6 Å². The Morgan fingerprint density at radius 3 is 0.880 bits per heavy atom. The Balaban J connectivity index is 0.000000157. The molecule has 0 atom stereocenters. The Bertz CT molecular complexity index is 2370. The molecule has 0 aliphatic carbocycles. The lowest BCUT2D eigenvalue weighted by atomic mass is 9.78. The van der Waals surface area contributed by atoms with Crippen molar-refractivity contribution in [1.82, 2.24) is 0 Å². The average Bonchev–Trinajstić information content (AvgIpc) is 3.04. The Labute approximate surface area is 299 Å². The Morgan fingerprint density at radius 1 is 0.260 bits per heavy atom. The van der Waals surface area contributed by atoms with E-state index in [1.165, 1.54) is 86.9 Å². The molecule has 0 heterocycles. The van der Waals surface area contributed by atoms with Crippen molar-refractivity contribution < 1.29 is 0 Å². The highest BCUT2D eigenvalue weighted by molar-refractivity contribution is 6.24. The molecule has 254 valence electrons. The third-order valence-corrected chi connectivity index (χ3v) is 10.8. The second-order valence-corrected chi connectivity index (χ2v) is 18.7. The zero-order valence-electron chi connectivity index (χ0n) is 32.4. The second kappa shape index (κ2) is 11.6. The summed E-state index contributed by atoms with van der Waals surface area (Å²) in [6, 6.07) is 41.1. The summed E-state index contributed by atoms with van der Waals surface area (Å²) in [5.74, 6) is 0. The molecule has 0 fully saturated rings.